The fraction of sp³-hybridized carbons (Fsp3) is 1.00. The number of aliphatic hydroxyl groups excluding tert-OH is 2. The molecule has 4 heteroatoms. The molecule has 0 aromatic heterocycles. The van der Waals surface area contributed by atoms with Gasteiger partial charge in [-0.15, -0.1) is 0 Å². The standard InChI is InChI=1S/C9H19NO3/c1-9(13)2-4-10(5-3-9)6-8(12)7-11/h8,11-13H,2-7H2,1H3. The van der Waals surface area contributed by atoms with Crippen LogP contribution in [-0.2, 0) is 0 Å². The van der Waals surface area contributed by atoms with E-state index in [-0.39, 0.29) is 6.61 Å². The van der Waals surface area contributed by atoms with Crippen molar-refractivity contribution in [2.45, 2.75) is 31.5 Å². The molecule has 1 aliphatic heterocycles. The number of likely N-dealkylation sites (tertiary alicyclic amines) is 1. The number of rotatable bonds is 3. The van der Waals surface area contributed by atoms with Crippen molar-refractivity contribution in [1.29, 1.82) is 0 Å². The van der Waals surface area contributed by atoms with Crippen LogP contribution in [0.1, 0.15) is 19.8 Å². The molecule has 1 rings (SSSR count). The molecule has 3 N–H and O–H groups in total. The average molecular weight is 189 g/mol. The number of piperidine rings is 1. The fourth-order valence-corrected chi connectivity index (χ4v) is 1.57. The van der Waals surface area contributed by atoms with E-state index < -0.39 is 11.7 Å². The van der Waals surface area contributed by atoms with Crippen molar-refractivity contribution in [3.05, 3.63) is 0 Å². The third-order valence-corrected chi connectivity index (χ3v) is 2.61. The Balaban J connectivity index is 2.25. The van der Waals surface area contributed by atoms with Crippen LogP contribution in [0.2, 0.25) is 0 Å². The van der Waals surface area contributed by atoms with Crippen LogP contribution < -0.4 is 0 Å². The molecule has 1 saturated heterocycles. The molecule has 0 aliphatic carbocycles. The molecule has 0 aromatic carbocycles. The molecular formula is C9H19NO3. The van der Waals surface area contributed by atoms with E-state index in [1.54, 1.807) is 0 Å². The van der Waals surface area contributed by atoms with Crippen LogP contribution in [0.5, 0.6) is 0 Å². The van der Waals surface area contributed by atoms with Crippen molar-refractivity contribution in [2.75, 3.05) is 26.2 Å². The molecule has 4 nitrogen and oxygen atoms in total. The van der Waals surface area contributed by atoms with Gasteiger partial charge < -0.3 is 20.2 Å². The summed E-state index contributed by atoms with van der Waals surface area (Å²) in [6.45, 7) is 3.75. The molecule has 0 radical (unpaired) electrons. The topological polar surface area (TPSA) is 63.9 Å². The van der Waals surface area contributed by atoms with E-state index in [0.29, 0.717) is 6.54 Å². The van der Waals surface area contributed by atoms with Crippen molar-refractivity contribution in [3.8, 4) is 0 Å². The first-order valence-corrected chi connectivity index (χ1v) is 4.77. The lowest BCUT2D eigenvalue weighted by molar-refractivity contribution is -0.0214. The van der Waals surface area contributed by atoms with E-state index in [2.05, 4.69) is 4.90 Å². The molecule has 0 saturated carbocycles. The minimum absolute atomic E-state index is 0.188. The Morgan fingerprint density at radius 2 is 1.92 bits per heavy atom. The molecule has 1 unspecified atom stereocenters. The minimum atomic E-state index is -0.650. The SMILES string of the molecule is CC1(O)CCN(CC(O)CO)CC1. The fourth-order valence-electron chi connectivity index (χ4n) is 1.57. The zero-order valence-electron chi connectivity index (χ0n) is 8.11. The molecule has 1 atom stereocenters. The number of hydrogen-bond acceptors (Lipinski definition) is 4. The van der Waals surface area contributed by atoms with Gasteiger partial charge in [0, 0.05) is 19.6 Å². The van der Waals surface area contributed by atoms with Crippen LogP contribution in [-0.4, -0.2) is 58.2 Å². The van der Waals surface area contributed by atoms with Crippen LogP contribution >= 0.6 is 0 Å². The van der Waals surface area contributed by atoms with Crippen molar-refractivity contribution in [3.63, 3.8) is 0 Å². The van der Waals surface area contributed by atoms with Crippen LogP contribution in [0.25, 0.3) is 0 Å². The number of hydrogen-bond donors (Lipinski definition) is 3. The molecule has 13 heavy (non-hydrogen) atoms. The molecule has 1 heterocycles. The lowest BCUT2D eigenvalue weighted by atomic mass is 9.94. The number of nitrogens with zero attached hydrogens (tertiary/aromatic N) is 1. The van der Waals surface area contributed by atoms with E-state index >= 15 is 0 Å². The molecular weight excluding hydrogens is 170 g/mol. The summed E-state index contributed by atoms with van der Waals surface area (Å²) in [7, 11) is 0. The Kier molecular flexibility index (Phi) is 3.67. The summed E-state index contributed by atoms with van der Waals surface area (Å²) < 4.78 is 0. The summed E-state index contributed by atoms with van der Waals surface area (Å²) >= 11 is 0. The molecule has 0 amide bonds. The van der Waals surface area contributed by atoms with E-state index in [1.807, 2.05) is 6.92 Å². The van der Waals surface area contributed by atoms with Crippen molar-refractivity contribution in [2.24, 2.45) is 0 Å². The summed E-state index contributed by atoms with van der Waals surface area (Å²) in [6.07, 6.45) is 0.832. The lowest BCUT2D eigenvalue weighted by Gasteiger charge is -2.36. The Bertz CT molecular complexity index is 151. The second-order valence-electron chi connectivity index (χ2n) is 4.13. The van der Waals surface area contributed by atoms with Crippen LogP contribution in [0, 0.1) is 0 Å². The summed E-state index contributed by atoms with van der Waals surface area (Å²) in [6, 6.07) is 0. The Morgan fingerprint density at radius 3 is 2.38 bits per heavy atom. The highest BCUT2D eigenvalue weighted by Crippen LogP contribution is 2.20. The molecule has 0 spiro atoms. The summed E-state index contributed by atoms with van der Waals surface area (Å²) in [5.41, 5.74) is -0.541. The van der Waals surface area contributed by atoms with Crippen LogP contribution in [0.4, 0.5) is 0 Å². The van der Waals surface area contributed by atoms with E-state index in [1.165, 1.54) is 0 Å². The van der Waals surface area contributed by atoms with Gasteiger partial charge in [0.1, 0.15) is 0 Å². The molecule has 0 bridgehead atoms. The largest absolute Gasteiger partial charge is 0.394 e. The Hall–Kier alpha value is -0.160. The van der Waals surface area contributed by atoms with Crippen LogP contribution in [0.15, 0.2) is 0 Å². The normalized spacial score (nSPS) is 25.8. The lowest BCUT2D eigenvalue weighted by Crippen LogP contribution is -2.45. The Labute approximate surface area is 78.8 Å². The number of aliphatic hydroxyl groups is 3. The first-order chi connectivity index (χ1) is 6.03. The van der Waals surface area contributed by atoms with Gasteiger partial charge in [-0.05, 0) is 19.8 Å². The van der Waals surface area contributed by atoms with E-state index in [0.717, 1.165) is 25.9 Å². The summed E-state index contributed by atoms with van der Waals surface area (Å²) in [5, 5.41) is 27.5. The van der Waals surface area contributed by atoms with E-state index in [4.69, 9.17) is 5.11 Å². The van der Waals surface area contributed by atoms with Gasteiger partial charge in [-0.25, -0.2) is 0 Å². The van der Waals surface area contributed by atoms with Gasteiger partial charge in [0.05, 0.1) is 18.3 Å². The minimum Gasteiger partial charge on any atom is -0.394 e. The maximum absolute atomic E-state index is 9.64. The molecule has 1 fully saturated rings. The van der Waals surface area contributed by atoms with Gasteiger partial charge >= 0.3 is 0 Å². The van der Waals surface area contributed by atoms with Crippen molar-refractivity contribution >= 4 is 0 Å². The summed E-state index contributed by atoms with van der Waals surface area (Å²) in [5.74, 6) is 0. The first kappa shape index (κ1) is 10.9. The quantitative estimate of drug-likeness (QED) is 0.543. The highest BCUT2D eigenvalue weighted by atomic mass is 16.3. The van der Waals surface area contributed by atoms with E-state index in [9.17, 15) is 10.2 Å². The maximum atomic E-state index is 9.64. The maximum Gasteiger partial charge on any atom is 0.0897 e. The van der Waals surface area contributed by atoms with Crippen molar-refractivity contribution in [1.82, 2.24) is 4.90 Å². The predicted octanol–water partition coefficient (Wildman–Crippen LogP) is -0.814. The van der Waals surface area contributed by atoms with Crippen LogP contribution in [0.3, 0.4) is 0 Å². The zero-order valence-corrected chi connectivity index (χ0v) is 8.11. The highest BCUT2D eigenvalue weighted by molar-refractivity contribution is 4.82. The Morgan fingerprint density at radius 1 is 1.38 bits per heavy atom. The third kappa shape index (κ3) is 3.60. The highest BCUT2D eigenvalue weighted by Gasteiger charge is 2.27. The van der Waals surface area contributed by atoms with Gasteiger partial charge in [0.2, 0.25) is 0 Å². The second kappa shape index (κ2) is 4.37. The zero-order chi connectivity index (χ0) is 9.90. The second-order valence-corrected chi connectivity index (χ2v) is 4.13. The average Bonchev–Trinajstić information content (AvgIpc) is 2.08. The molecule has 1 aliphatic rings. The van der Waals surface area contributed by atoms with Crippen molar-refractivity contribution < 1.29 is 15.3 Å². The van der Waals surface area contributed by atoms with Gasteiger partial charge in [-0.3, -0.25) is 0 Å². The van der Waals surface area contributed by atoms with Gasteiger partial charge in [0.25, 0.3) is 0 Å². The monoisotopic (exact) mass is 189 g/mol. The first-order valence-electron chi connectivity index (χ1n) is 4.77. The summed E-state index contributed by atoms with van der Waals surface area (Å²) in [4.78, 5) is 2.07. The van der Waals surface area contributed by atoms with Gasteiger partial charge in [-0.2, -0.15) is 0 Å². The van der Waals surface area contributed by atoms with Gasteiger partial charge in [-0.1, -0.05) is 0 Å². The number of β-amino-alcohol motifs (C(OH)–C–C–N with tert-alkyl or cyclic N) is 1. The third-order valence-electron chi connectivity index (χ3n) is 2.61. The van der Waals surface area contributed by atoms with Gasteiger partial charge in [0.15, 0.2) is 0 Å². The molecule has 0 aromatic rings. The smallest absolute Gasteiger partial charge is 0.0897 e. The molecule has 78 valence electrons. The predicted molar refractivity (Wildman–Crippen MR) is 49.4 cm³/mol.